The standard InChI is InChI=1S/C14H14N4O/c1-14(15,19)11-9-12-16-7-8-18(12)17-13(11)10-5-3-2-4-6-10/h2-9,19H,15H2,1H3/t14-/m0/s1. The zero-order valence-corrected chi connectivity index (χ0v) is 10.5. The summed E-state index contributed by atoms with van der Waals surface area (Å²) in [4.78, 5) is 4.16. The molecule has 19 heavy (non-hydrogen) atoms. The smallest absolute Gasteiger partial charge is 0.153 e. The van der Waals surface area contributed by atoms with Crippen LogP contribution < -0.4 is 5.73 Å². The molecule has 0 bridgehead atoms. The molecule has 1 atom stereocenters. The third-order valence-corrected chi connectivity index (χ3v) is 2.98. The Balaban J connectivity index is 2.32. The Kier molecular flexibility index (Phi) is 2.58. The molecule has 0 unspecified atom stereocenters. The number of nitrogens with zero attached hydrogens (tertiary/aromatic N) is 3. The molecule has 0 fully saturated rings. The first kappa shape index (κ1) is 11.8. The summed E-state index contributed by atoms with van der Waals surface area (Å²) in [5.41, 5.74) is 7.13. The van der Waals surface area contributed by atoms with Crippen molar-refractivity contribution < 1.29 is 5.11 Å². The molecular weight excluding hydrogens is 240 g/mol. The molecule has 0 aliphatic carbocycles. The summed E-state index contributed by atoms with van der Waals surface area (Å²) in [6.07, 6.45) is 3.42. The van der Waals surface area contributed by atoms with Crippen LogP contribution in [-0.2, 0) is 5.72 Å². The van der Waals surface area contributed by atoms with Crippen LogP contribution in [0.25, 0.3) is 16.9 Å². The minimum absolute atomic E-state index is 0.553. The van der Waals surface area contributed by atoms with Crippen LogP contribution in [0, 0.1) is 0 Å². The molecule has 0 spiro atoms. The van der Waals surface area contributed by atoms with Crippen molar-refractivity contribution in [2.75, 3.05) is 0 Å². The summed E-state index contributed by atoms with van der Waals surface area (Å²) < 4.78 is 1.66. The number of rotatable bonds is 2. The monoisotopic (exact) mass is 254 g/mol. The summed E-state index contributed by atoms with van der Waals surface area (Å²) in [5.74, 6) is 0. The number of aliphatic hydroxyl groups is 1. The van der Waals surface area contributed by atoms with Crippen LogP contribution in [0.3, 0.4) is 0 Å². The summed E-state index contributed by atoms with van der Waals surface area (Å²) in [5, 5.41) is 14.6. The van der Waals surface area contributed by atoms with Crippen molar-refractivity contribution >= 4 is 5.65 Å². The summed E-state index contributed by atoms with van der Waals surface area (Å²) in [6, 6.07) is 11.4. The number of benzene rings is 1. The van der Waals surface area contributed by atoms with E-state index in [0.717, 1.165) is 5.56 Å². The average Bonchev–Trinajstić information content (AvgIpc) is 2.84. The molecule has 0 aliphatic heterocycles. The third-order valence-electron chi connectivity index (χ3n) is 2.98. The number of imidazole rings is 1. The van der Waals surface area contributed by atoms with E-state index in [4.69, 9.17) is 5.73 Å². The summed E-state index contributed by atoms with van der Waals surface area (Å²) in [7, 11) is 0. The minimum Gasteiger partial charge on any atom is -0.372 e. The number of hydrogen-bond acceptors (Lipinski definition) is 4. The molecule has 3 N–H and O–H groups in total. The highest BCUT2D eigenvalue weighted by Gasteiger charge is 2.23. The molecule has 1 aromatic carbocycles. The Labute approximate surface area is 110 Å². The highest BCUT2D eigenvalue weighted by atomic mass is 16.3. The van der Waals surface area contributed by atoms with Gasteiger partial charge in [0.1, 0.15) is 5.72 Å². The van der Waals surface area contributed by atoms with Gasteiger partial charge in [0.25, 0.3) is 0 Å². The maximum Gasteiger partial charge on any atom is 0.153 e. The van der Waals surface area contributed by atoms with Crippen molar-refractivity contribution in [3.05, 3.63) is 54.4 Å². The van der Waals surface area contributed by atoms with Crippen LogP contribution in [0.15, 0.2) is 48.8 Å². The SMILES string of the molecule is C[C@](N)(O)c1cc2nccn2nc1-c1ccccc1. The fourth-order valence-electron chi connectivity index (χ4n) is 2.05. The van der Waals surface area contributed by atoms with Gasteiger partial charge in [-0.25, -0.2) is 9.50 Å². The summed E-state index contributed by atoms with van der Waals surface area (Å²) >= 11 is 0. The Morgan fingerprint density at radius 1 is 1.26 bits per heavy atom. The van der Waals surface area contributed by atoms with Crippen molar-refractivity contribution in [2.24, 2.45) is 5.73 Å². The van der Waals surface area contributed by atoms with Crippen LogP contribution in [-0.4, -0.2) is 19.7 Å². The maximum absolute atomic E-state index is 10.1. The van der Waals surface area contributed by atoms with E-state index in [0.29, 0.717) is 16.9 Å². The zero-order chi connectivity index (χ0) is 13.5. The first-order valence-corrected chi connectivity index (χ1v) is 5.97. The number of hydrogen-bond donors (Lipinski definition) is 2. The second kappa shape index (κ2) is 4.15. The quantitative estimate of drug-likeness (QED) is 0.680. The van der Waals surface area contributed by atoms with Gasteiger partial charge in [0, 0.05) is 23.5 Å². The second-order valence-electron chi connectivity index (χ2n) is 4.65. The average molecular weight is 254 g/mol. The topological polar surface area (TPSA) is 76.4 Å². The van der Waals surface area contributed by atoms with E-state index in [1.165, 1.54) is 6.92 Å². The van der Waals surface area contributed by atoms with Gasteiger partial charge in [-0.1, -0.05) is 30.3 Å². The van der Waals surface area contributed by atoms with E-state index in [2.05, 4.69) is 10.1 Å². The highest BCUT2D eigenvalue weighted by molar-refractivity contribution is 5.65. The first-order valence-electron chi connectivity index (χ1n) is 5.97. The van der Waals surface area contributed by atoms with Gasteiger partial charge in [0.2, 0.25) is 0 Å². The second-order valence-corrected chi connectivity index (χ2v) is 4.65. The number of fused-ring (bicyclic) bond motifs is 1. The van der Waals surface area contributed by atoms with Crippen LogP contribution in [0.2, 0.25) is 0 Å². The van der Waals surface area contributed by atoms with Gasteiger partial charge >= 0.3 is 0 Å². The van der Waals surface area contributed by atoms with Crippen molar-refractivity contribution in [1.82, 2.24) is 14.6 Å². The molecule has 0 saturated carbocycles. The highest BCUT2D eigenvalue weighted by Crippen LogP contribution is 2.27. The van der Waals surface area contributed by atoms with E-state index in [1.807, 2.05) is 30.3 Å². The van der Waals surface area contributed by atoms with Crippen LogP contribution in [0.1, 0.15) is 12.5 Å². The molecule has 0 aliphatic rings. The van der Waals surface area contributed by atoms with Crippen LogP contribution >= 0.6 is 0 Å². The van der Waals surface area contributed by atoms with Gasteiger partial charge in [0.05, 0.1) is 5.69 Å². The zero-order valence-electron chi connectivity index (χ0n) is 10.5. The lowest BCUT2D eigenvalue weighted by Crippen LogP contribution is -2.33. The van der Waals surface area contributed by atoms with Crippen molar-refractivity contribution in [1.29, 1.82) is 0 Å². The predicted molar refractivity (Wildman–Crippen MR) is 72.2 cm³/mol. The largest absolute Gasteiger partial charge is 0.372 e. The van der Waals surface area contributed by atoms with E-state index in [-0.39, 0.29) is 0 Å². The van der Waals surface area contributed by atoms with Gasteiger partial charge in [0.15, 0.2) is 5.65 Å². The molecule has 2 aromatic heterocycles. The Bertz CT molecular complexity index is 713. The van der Waals surface area contributed by atoms with Gasteiger partial charge in [-0.15, -0.1) is 0 Å². The molecule has 3 rings (SSSR count). The van der Waals surface area contributed by atoms with E-state index in [9.17, 15) is 5.11 Å². The van der Waals surface area contributed by atoms with E-state index >= 15 is 0 Å². The lowest BCUT2D eigenvalue weighted by atomic mass is 9.99. The molecule has 0 saturated heterocycles. The first-order chi connectivity index (χ1) is 9.05. The van der Waals surface area contributed by atoms with Crippen molar-refractivity contribution in [2.45, 2.75) is 12.6 Å². The molecule has 2 heterocycles. The molecular formula is C14H14N4O. The van der Waals surface area contributed by atoms with Crippen molar-refractivity contribution in [3.8, 4) is 11.3 Å². The fourth-order valence-corrected chi connectivity index (χ4v) is 2.05. The Morgan fingerprint density at radius 2 is 2.00 bits per heavy atom. The molecule has 5 nitrogen and oxygen atoms in total. The molecule has 96 valence electrons. The van der Waals surface area contributed by atoms with E-state index in [1.54, 1.807) is 23.0 Å². The molecule has 3 aromatic rings. The summed E-state index contributed by atoms with van der Waals surface area (Å²) in [6.45, 7) is 1.54. The molecule has 5 heteroatoms. The maximum atomic E-state index is 10.1. The van der Waals surface area contributed by atoms with Gasteiger partial charge < -0.3 is 5.11 Å². The fraction of sp³-hybridized carbons (Fsp3) is 0.143. The van der Waals surface area contributed by atoms with E-state index < -0.39 is 5.72 Å². The van der Waals surface area contributed by atoms with Gasteiger partial charge in [-0.3, -0.25) is 5.73 Å². The molecule has 0 amide bonds. The third kappa shape index (κ3) is 2.09. The lowest BCUT2D eigenvalue weighted by molar-refractivity contribution is 0.0649. The van der Waals surface area contributed by atoms with Crippen molar-refractivity contribution in [3.63, 3.8) is 0 Å². The van der Waals surface area contributed by atoms with Crippen LogP contribution in [0.5, 0.6) is 0 Å². The lowest BCUT2D eigenvalue weighted by Gasteiger charge is -2.21. The Morgan fingerprint density at radius 3 is 2.68 bits per heavy atom. The minimum atomic E-state index is -1.47. The number of nitrogens with two attached hydrogens (primary N) is 1. The molecule has 0 radical (unpaired) electrons. The normalized spacial score (nSPS) is 14.5. The van der Waals surface area contributed by atoms with Gasteiger partial charge in [-0.05, 0) is 13.0 Å². The van der Waals surface area contributed by atoms with Gasteiger partial charge in [-0.2, -0.15) is 5.10 Å². The number of aromatic nitrogens is 3. The van der Waals surface area contributed by atoms with Crippen LogP contribution in [0.4, 0.5) is 0 Å². The predicted octanol–water partition coefficient (Wildman–Crippen LogP) is 1.52. The Hall–Kier alpha value is -2.24.